The highest BCUT2D eigenvalue weighted by Gasteiger charge is 2.18. The Morgan fingerprint density at radius 2 is 1.89 bits per heavy atom. The minimum atomic E-state index is 0.409. The maximum atomic E-state index is 4.52. The minimum absolute atomic E-state index is 0.409. The summed E-state index contributed by atoms with van der Waals surface area (Å²) in [4.78, 5) is 0. The van der Waals surface area contributed by atoms with E-state index in [9.17, 15) is 0 Å². The molecule has 1 heterocycles. The zero-order chi connectivity index (χ0) is 14.6. The van der Waals surface area contributed by atoms with Crippen molar-refractivity contribution in [3.8, 4) is 0 Å². The van der Waals surface area contributed by atoms with Gasteiger partial charge in [0.2, 0.25) is 0 Å². The number of aryl methyl sites for hydroxylation is 2. The third kappa shape index (κ3) is 4.98. The van der Waals surface area contributed by atoms with Crippen LogP contribution in [0.25, 0.3) is 0 Å². The van der Waals surface area contributed by atoms with E-state index in [0.29, 0.717) is 11.5 Å². The van der Waals surface area contributed by atoms with E-state index in [1.165, 1.54) is 29.8 Å². The number of likely N-dealkylation sites (N-methyl/N-ethyl adjacent to an activating group) is 1. The van der Waals surface area contributed by atoms with Crippen molar-refractivity contribution in [1.82, 2.24) is 15.1 Å². The highest BCUT2D eigenvalue weighted by molar-refractivity contribution is 5.25. The summed E-state index contributed by atoms with van der Waals surface area (Å²) in [5.74, 6) is 0. The van der Waals surface area contributed by atoms with Crippen molar-refractivity contribution in [1.29, 1.82) is 0 Å². The van der Waals surface area contributed by atoms with E-state index in [1.807, 2.05) is 11.7 Å². The van der Waals surface area contributed by atoms with Gasteiger partial charge in [-0.15, -0.1) is 0 Å². The van der Waals surface area contributed by atoms with Crippen LogP contribution in [0.5, 0.6) is 0 Å². The molecule has 1 atom stereocenters. The van der Waals surface area contributed by atoms with Crippen LogP contribution in [0.3, 0.4) is 0 Å². The lowest BCUT2D eigenvalue weighted by molar-refractivity contribution is 0.330. The Kier molecular flexibility index (Phi) is 5.60. The third-order valence-electron chi connectivity index (χ3n) is 3.85. The van der Waals surface area contributed by atoms with Crippen molar-refractivity contribution in [3.63, 3.8) is 0 Å². The van der Waals surface area contributed by atoms with Gasteiger partial charge in [-0.25, -0.2) is 0 Å². The van der Waals surface area contributed by atoms with E-state index in [2.05, 4.69) is 52.0 Å². The van der Waals surface area contributed by atoms with Crippen molar-refractivity contribution < 1.29 is 0 Å². The first-order valence-electron chi connectivity index (χ1n) is 7.47. The van der Waals surface area contributed by atoms with Gasteiger partial charge in [0.05, 0.1) is 5.69 Å². The molecule has 0 aromatic carbocycles. The van der Waals surface area contributed by atoms with Crippen LogP contribution in [-0.4, -0.2) is 22.4 Å². The van der Waals surface area contributed by atoms with Crippen LogP contribution in [0.4, 0.5) is 0 Å². The molecule has 0 bridgehead atoms. The number of hydrogen-bond acceptors (Lipinski definition) is 2. The Hall–Kier alpha value is -0.830. The molecule has 1 aromatic heterocycles. The lowest BCUT2D eigenvalue weighted by atomic mass is 9.87. The average molecular weight is 265 g/mol. The van der Waals surface area contributed by atoms with Gasteiger partial charge < -0.3 is 5.32 Å². The van der Waals surface area contributed by atoms with Crippen LogP contribution < -0.4 is 5.32 Å². The van der Waals surface area contributed by atoms with Crippen LogP contribution >= 0.6 is 0 Å². The second kappa shape index (κ2) is 6.56. The molecule has 0 amide bonds. The highest BCUT2D eigenvalue weighted by Crippen LogP contribution is 2.23. The second-order valence-corrected chi connectivity index (χ2v) is 6.83. The molecule has 0 saturated heterocycles. The summed E-state index contributed by atoms with van der Waals surface area (Å²) in [7, 11) is 2.03. The van der Waals surface area contributed by atoms with Gasteiger partial charge in [0.15, 0.2) is 0 Å². The van der Waals surface area contributed by atoms with Crippen LogP contribution in [0.2, 0.25) is 0 Å². The molecule has 0 aliphatic carbocycles. The molecule has 0 radical (unpaired) electrons. The topological polar surface area (TPSA) is 29.9 Å². The first-order valence-corrected chi connectivity index (χ1v) is 7.47. The zero-order valence-corrected chi connectivity index (χ0v) is 13.8. The van der Waals surface area contributed by atoms with Gasteiger partial charge >= 0.3 is 0 Å². The fraction of sp³-hybridized carbons (Fsp3) is 0.812. The summed E-state index contributed by atoms with van der Waals surface area (Å²) >= 11 is 0. The maximum Gasteiger partial charge on any atom is 0.0628 e. The van der Waals surface area contributed by atoms with Gasteiger partial charge in [-0.2, -0.15) is 5.10 Å². The molecule has 0 aliphatic heterocycles. The average Bonchev–Trinajstić information content (AvgIpc) is 2.52. The van der Waals surface area contributed by atoms with Gasteiger partial charge in [0, 0.05) is 18.8 Å². The predicted octanol–water partition coefficient (Wildman–Crippen LogP) is 3.38. The van der Waals surface area contributed by atoms with E-state index in [-0.39, 0.29) is 0 Å². The molecular weight excluding hydrogens is 234 g/mol. The van der Waals surface area contributed by atoms with Crippen LogP contribution in [0, 0.1) is 19.3 Å². The van der Waals surface area contributed by atoms with E-state index in [0.717, 1.165) is 13.0 Å². The highest BCUT2D eigenvalue weighted by atomic mass is 15.3. The largest absolute Gasteiger partial charge is 0.314 e. The van der Waals surface area contributed by atoms with Gasteiger partial charge in [-0.05, 0) is 50.6 Å². The fourth-order valence-corrected chi connectivity index (χ4v) is 2.53. The number of nitrogens with one attached hydrogen (secondary N) is 1. The molecular formula is C16H31N3. The Bertz CT molecular complexity index is 399. The second-order valence-electron chi connectivity index (χ2n) is 6.83. The summed E-state index contributed by atoms with van der Waals surface area (Å²) in [6.07, 6.45) is 3.57. The number of hydrogen-bond donors (Lipinski definition) is 1. The number of rotatable bonds is 6. The minimum Gasteiger partial charge on any atom is -0.314 e. The van der Waals surface area contributed by atoms with Crippen molar-refractivity contribution in [2.75, 3.05) is 6.54 Å². The summed E-state index contributed by atoms with van der Waals surface area (Å²) in [5.41, 5.74) is 4.31. The number of aromatic nitrogens is 2. The SMILES string of the molecule is CCNC(CCC(C)(C)C)Cc1c(C)nn(C)c1C. The van der Waals surface area contributed by atoms with E-state index < -0.39 is 0 Å². The van der Waals surface area contributed by atoms with Crippen molar-refractivity contribution >= 4 is 0 Å². The molecule has 1 aromatic rings. The lowest BCUT2D eigenvalue weighted by Crippen LogP contribution is -2.32. The number of nitrogens with zero attached hydrogens (tertiary/aromatic N) is 2. The maximum absolute atomic E-state index is 4.52. The normalized spacial score (nSPS) is 13.8. The Balaban J connectivity index is 2.72. The Morgan fingerprint density at radius 1 is 1.26 bits per heavy atom. The van der Waals surface area contributed by atoms with Crippen molar-refractivity contribution in [3.05, 3.63) is 17.0 Å². The summed E-state index contributed by atoms with van der Waals surface area (Å²) in [6.45, 7) is 14.5. The van der Waals surface area contributed by atoms with Gasteiger partial charge in [0.1, 0.15) is 0 Å². The lowest BCUT2D eigenvalue weighted by Gasteiger charge is -2.24. The molecule has 0 spiro atoms. The van der Waals surface area contributed by atoms with Gasteiger partial charge in [-0.1, -0.05) is 27.7 Å². The predicted molar refractivity (Wildman–Crippen MR) is 82.5 cm³/mol. The van der Waals surface area contributed by atoms with Gasteiger partial charge in [0.25, 0.3) is 0 Å². The summed E-state index contributed by atoms with van der Waals surface area (Å²) < 4.78 is 2.00. The van der Waals surface area contributed by atoms with Crippen LogP contribution in [0.1, 0.15) is 57.5 Å². The van der Waals surface area contributed by atoms with Crippen LogP contribution in [-0.2, 0) is 13.5 Å². The standard InChI is InChI=1S/C16H31N3/c1-8-17-14(9-10-16(4,5)6)11-15-12(2)18-19(7)13(15)3/h14,17H,8-11H2,1-7H3. The monoisotopic (exact) mass is 265 g/mol. The molecule has 0 aliphatic rings. The molecule has 1 unspecified atom stereocenters. The molecule has 0 fully saturated rings. The first-order chi connectivity index (χ1) is 8.74. The summed E-state index contributed by atoms with van der Waals surface area (Å²) in [6, 6.07) is 0.561. The molecule has 19 heavy (non-hydrogen) atoms. The molecule has 0 saturated carbocycles. The molecule has 3 nitrogen and oxygen atoms in total. The Morgan fingerprint density at radius 3 is 2.32 bits per heavy atom. The zero-order valence-electron chi connectivity index (χ0n) is 13.8. The first kappa shape index (κ1) is 16.2. The molecule has 110 valence electrons. The van der Waals surface area contributed by atoms with Gasteiger partial charge in [-0.3, -0.25) is 4.68 Å². The smallest absolute Gasteiger partial charge is 0.0628 e. The van der Waals surface area contributed by atoms with E-state index >= 15 is 0 Å². The quantitative estimate of drug-likeness (QED) is 0.854. The van der Waals surface area contributed by atoms with E-state index in [1.54, 1.807) is 0 Å². The van der Waals surface area contributed by atoms with Crippen LogP contribution in [0.15, 0.2) is 0 Å². The molecule has 1 N–H and O–H groups in total. The Labute approximate surface area is 118 Å². The fourth-order valence-electron chi connectivity index (χ4n) is 2.53. The third-order valence-corrected chi connectivity index (χ3v) is 3.85. The van der Waals surface area contributed by atoms with E-state index in [4.69, 9.17) is 0 Å². The molecule has 3 heteroatoms. The van der Waals surface area contributed by atoms with Crippen molar-refractivity contribution in [2.45, 2.75) is 66.8 Å². The molecule has 1 rings (SSSR count). The van der Waals surface area contributed by atoms with Crippen molar-refractivity contribution in [2.24, 2.45) is 12.5 Å². The summed E-state index contributed by atoms with van der Waals surface area (Å²) in [5, 5.41) is 8.15.